The number of ether oxygens (including phenoxy) is 3. The van der Waals surface area contributed by atoms with Crippen molar-refractivity contribution in [1.29, 1.82) is 0 Å². The summed E-state index contributed by atoms with van der Waals surface area (Å²) >= 11 is 0. The molecular weight excluding hydrogens is 450 g/mol. The van der Waals surface area contributed by atoms with Crippen LogP contribution in [0.25, 0.3) is 22.1 Å². The van der Waals surface area contributed by atoms with Crippen molar-refractivity contribution >= 4 is 16.9 Å². The van der Waals surface area contributed by atoms with Gasteiger partial charge in [0.05, 0.1) is 18.8 Å². The van der Waals surface area contributed by atoms with Gasteiger partial charge in [-0.1, -0.05) is 36.4 Å². The maximum atomic E-state index is 13.2. The van der Waals surface area contributed by atoms with E-state index in [2.05, 4.69) is 5.73 Å². The minimum absolute atomic E-state index is 0.00938. The van der Waals surface area contributed by atoms with Gasteiger partial charge in [-0.15, -0.1) is 0 Å². The van der Waals surface area contributed by atoms with Crippen LogP contribution in [0.3, 0.4) is 0 Å². The number of carbonyl (C=O) groups is 1. The Balaban J connectivity index is 1.41. The summed E-state index contributed by atoms with van der Waals surface area (Å²) in [5.74, 6) is 0.316. The van der Waals surface area contributed by atoms with Crippen LogP contribution in [-0.4, -0.2) is 30.3 Å². The first-order chi connectivity index (χ1) is 17.0. The van der Waals surface area contributed by atoms with Crippen LogP contribution >= 0.6 is 0 Å². The van der Waals surface area contributed by atoms with E-state index in [1.807, 2.05) is 30.3 Å². The van der Waals surface area contributed by atoms with Crippen molar-refractivity contribution in [2.75, 3.05) is 13.2 Å². The van der Waals surface area contributed by atoms with Gasteiger partial charge in [0.25, 0.3) is 0 Å². The van der Waals surface area contributed by atoms with Gasteiger partial charge in [-0.2, -0.15) is 0 Å². The molecular formula is C27H24NO7+. The number of hydrogen-bond donors (Lipinski definition) is 2. The average molecular weight is 474 g/mol. The first-order valence-electron chi connectivity index (χ1n) is 11.3. The molecule has 0 saturated heterocycles. The molecule has 5 rings (SSSR count). The van der Waals surface area contributed by atoms with Gasteiger partial charge >= 0.3 is 5.97 Å². The molecule has 35 heavy (non-hydrogen) atoms. The first-order valence-corrected chi connectivity index (χ1v) is 11.3. The molecule has 0 radical (unpaired) electrons. The van der Waals surface area contributed by atoms with Gasteiger partial charge in [-0.3, -0.25) is 4.79 Å². The molecule has 0 bridgehead atoms. The Morgan fingerprint density at radius 3 is 2.60 bits per heavy atom. The standard InChI is InChI=1S/C27H23NO7/c28-20(11-16-5-2-1-3-6-16)27(31)35-18-13-21(29)25-24(14-18)34-15-19(26(25)30)17-7-8-22-23(12-17)33-10-4-9-32-22/h1-3,5-8,12-15,20,29H,4,9-11,28H2/p+1. The van der Waals surface area contributed by atoms with E-state index in [9.17, 15) is 14.7 Å². The highest BCUT2D eigenvalue weighted by Crippen LogP contribution is 2.35. The molecule has 0 aliphatic carbocycles. The van der Waals surface area contributed by atoms with Crippen LogP contribution < -0.4 is 25.4 Å². The van der Waals surface area contributed by atoms with Crippen molar-refractivity contribution in [3.8, 4) is 34.1 Å². The van der Waals surface area contributed by atoms with Crippen molar-refractivity contribution in [3.05, 3.63) is 82.7 Å². The van der Waals surface area contributed by atoms with Crippen molar-refractivity contribution in [2.45, 2.75) is 18.9 Å². The molecule has 0 fully saturated rings. The number of esters is 1. The number of hydrogen-bond acceptors (Lipinski definition) is 7. The highest BCUT2D eigenvalue weighted by molar-refractivity contribution is 5.89. The zero-order chi connectivity index (χ0) is 24.4. The molecule has 0 saturated carbocycles. The average Bonchev–Trinajstić information content (AvgIpc) is 3.09. The molecule has 8 heteroatoms. The third-order valence-corrected chi connectivity index (χ3v) is 5.77. The molecule has 0 amide bonds. The number of rotatable bonds is 5. The fourth-order valence-corrected chi connectivity index (χ4v) is 3.98. The third-order valence-electron chi connectivity index (χ3n) is 5.77. The summed E-state index contributed by atoms with van der Waals surface area (Å²) in [5.41, 5.74) is 5.34. The quantitative estimate of drug-likeness (QED) is 0.337. The zero-order valence-electron chi connectivity index (χ0n) is 18.9. The minimum atomic E-state index is -0.649. The van der Waals surface area contributed by atoms with Gasteiger partial charge in [-0.25, -0.2) is 4.79 Å². The molecule has 1 aliphatic rings. The Kier molecular flexibility index (Phi) is 6.12. The van der Waals surface area contributed by atoms with Gasteiger partial charge in [0.2, 0.25) is 5.43 Å². The summed E-state index contributed by atoms with van der Waals surface area (Å²) in [4.78, 5) is 25.8. The van der Waals surface area contributed by atoms with E-state index in [0.717, 1.165) is 12.0 Å². The molecule has 178 valence electrons. The molecule has 3 aromatic carbocycles. The van der Waals surface area contributed by atoms with Gasteiger partial charge in [0.15, 0.2) is 17.5 Å². The molecule has 2 heterocycles. The SMILES string of the molecule is [NH3+]C(Cc1ccccc1)C(=O)Oc1cc(O)c2c(=O)c(-c3ccc4c(c3)OCCCO4)coc2c1. The largest absolute Gasteiger partial charge is 0.507 e. The summed E-state index contributed by atoms with van der Waals surface area (Å²) in [6, 6.07) is 16.7. The second kappa shape index (κ2) is 9.52. The summed E-state index contributed by atoms with van der Waals surface area (Å²) < 4.78 is 22.4. The molecule has 4 N–H and O–H groups in total. The second-order valence-corrected chi connectivity index (χ2v) is 8.31. The Morgan fingerprint density at radius 1 is 1.03 bits per heavy atom. The fourth-order valence-electron chi connectivity index (χ4n) is 3.98. The molecule has 1 unspecified atom stereocenters. The van der Waals surface area contributed by atoms with E-state index < -0.39 is 17.4 Å². The molecule has 1 aliphatic heterocycles. The zero-order valence-corrected chi connectivity index (χ0v) is 18.9. The van der Waals surface area contributed by atoms with E-state index >= 15 is 0 Å². The highest BCUT2D eigenvalue weighted by atomic mass is 16.5. The summed E-state index contributed by atoms with van der Waals surface area (Å²) in [6.45, 7) is 1.08. The van der Waals surface area contributed by atoms with Crippen molar-refractivity contribution in [2.24, 2.45) is 0 Å². The van der Waals surface area contributed by atoms with E-state index in [1.165, 1.54) is 18.4 Å². The number of fused-ring (bicyclic) bond motifs is 2. The number of carbonyl (C=O) groups excluding carboxylic acids is 1. The Hall–Kier alpha value is -4.30. The van der Waals surface area contributed by atoms with Crippen molar-refractivity contribution in [1.82, 2.24) is 0 Å². The van der Waals surface area contributed by atoms with Crippen LogP contribution in [0.1, 0.15) is 12.0 Å². The normalized spacial score (nSPS) is 13.7. The fraction of sp³-hybridized carbons (Fsp3) is 0.185. The number of phenols is 1. The molecule has 0 spiro atoms. The lowest BCUT2D eigenvalue weighted by Crippen LogP contribution is -2.67. The maximum Gasteiger partial charge on any atom is 0.370 e. The van der Waals surface area contributed by atoms with Crippen molar-refractivity contribution in [3.63, 3.8) is 0 Å². The second-order valence-electron chi connectivity index (χ2n) is 8.31. The number of aromatic hydroxyl groups is 1. The van der Waals surface area contributed by atoms with Crippen LogP contribution in [0.5, 0.6) is 23.0 Å². The van der Waals surface area contributed by atoms with Gasteiger partial charge in [0, 0.05) is 25.0 Å². The molecule has 1 atom stereocenters. The number of quaternary nitrogens is 1. The molecule has 1 aromatic heterocycles. The topological polar surface area (TPSA) is 123 Å². The highest BCUT2D eigenvalue weighted by Gasteiger charge is 2.22. The monoisotopic (exact) mass is 474 g/mol. The number of phenolic OH excluding ortho intramolecular Hbond substituents is 1. The Labute approximate surface area is 200 Å². The lowest BCUT2D eigenvalue weighted by atomic mass is 10.0. The van der Waals surface area contributed by atoms with Crippen LogP contribution in [-0.2, 0) is 11.2 Å². The predicted molar refractivity (Wildman–Crippen MR) is 128 cm³/mol. The Morgan fingerprint density at radius 2 is 1.80 bits per heavy atom. The van der Waals surface area contributed by atoms with Crippen LogP contribution in [0.2, 0.25) is 0 Å². The first kappa shape index (κ1) is 22.5. The van der Waals surface area contributed by atoms with E-state index in [1.54, 1.807) is 18.2 Å². The smallest absolute Gasteiger partial charge is 0.370 e. The predicted octanol–water partition coefficient (Wildman–Crippen LogP) is 3.09. The van der Waals surface area contributed by atoms with E-state index in [0.29, 0.717) is 36.7 Å². The van der Waals surface area contributed by atoms with Crippen molar-refractivity contribution < 1.29 is 34.3 Å². The number of benzene rings is 3. The Bertz CT molecular complexity index is 1450. The third kappa shape index (κ3) is 4.69. The molecule has 4 aromatic rings. The summed E-state index contributed by atoms with van der Waals surface area (Å²) in [5, 5.41) is 10.6. The van der Waals surface area contributed by atoms with Gasteiger partial charge in [0.1, 0.15) is 28.7 Å². The van der Waals surface area contributed by atoms with Gasteiger partial charge < -0.3 is 29.5 Å². The lowest BCUT2D eigenvalue weighted by Gasteiger charge is -2.11. The molecule has 8 nitrogen and oxygen atoms in total. The summed E-state index contributed by atoms with van der Waals surface area (Å²) in [6.07, 6.45) is 2.49. The minimum Gasteiger partial charge on any atom is -0.507 e. The van der Waals surface area contributed by atoms with Gasteiger partial charge in [-0.05, 0) is 23.3 Å². The lowest BCUT2D eigenvalue weighted by molar-refractivity contribution is -0.406. The van der Waals surface area contributed by atoms with E-state index in [-0.39, 0.29) is 28.0 Å². The maximum absolute atomic E-state index is 13.2. The van der Waals surface area contributed by atoms with E-state index in [4.69, 9.17) is 18.6 Å². The summed E-state index contributed by atoms with van der Waals surface area (Å²) in [7, 11) is 0. The van der Waals surface area contributed by atoms with Crippen LogP contribution in [0, 0.1) is 0 Å². The van der Waals surface area contributed by atoms with Crippen LogP contribution in [0.15, 0.2) is 76.1 Å². The van der Waals surface area contributed by atoms with Crippen LogP contribution in [0.4, 0.5) is 0 Å².